The standard InChI is InChI=1S/C22H30N2O2.ClH/c1-3-22(4-2,17-23)21(25)24-14-19-11-8-12-20(13-19)16-26-15-18-9-6-5-7-10-18;/h5-13H,3-4,14-17,23H2,1-2H3,(H,24,25);1H. The highest BCUT2D eigenvalue weighted by molar-refractivity contribution is 5.85. The fraction of sp³-hybridized carbons (Fsp3) is 0.409. The molecule has 0 bridgehead atoms. The molecule has 0 heterocycles. The molecule has 27 heavy (non-hydrogen) atoms. The molecule has 1 amide bonds. The van der Waals surface area contributed by atoms with E-state index in [-0.39, 0.29) is 18.3 Å². The van der Waals surface area contributed by atoms with Gasteiger partial charge in [0.05, 0.1) is 18.6 Å². The molecule has 148 valence electrons. The predicted molar refractivity (Wildman–Crippen MR) is 113 cm³/mol. The molecule has 0 aliphatic rings. The molecule has 5 heteroatoms. The van der Waals surface area contributed by atoms with Gasteiger partial charge in [-0.3, -0.25) is 4.79 Å². The summed E-state index contributed by atoms with van der Waals surface area (Å²) in [5, 5.41) is 3.04. The van der Waals surface area contributed by atoms with Crippen LogP contribution in [0.2, 0.25) is 0 Å². The summed E-state index contributed by atoms with van der Waals surface area (Å²) in [6, 6.07) is 18.3. The lowest BCUT2D eigenvalue weighted by Crippen LogP contribution is -2.45. The Bertz CT molecular complexity index is 679. The van der Waals surface area contributed by atoms with Crippen molar-refractivity contribution in [3.8, 4) is 0 Å². The zero-order chi connectivity index (χ0) is 18.8. The molecule has 0 aliphatic carbocycles. The second-order valence-corrected chi connectivity index (χ2v) is 6.67. The minimum absolute atomic E-state index is 0. The van der Waals surface area contributed by atoms with E-state index in [0.717, 1.165) is 29.5 Å². The monoisotopic (exact) mass is 390 g/mol. The minimum Gasteiger partial charge on any atom is -0.372 e. The van der Waals surface area contributed by atoms with Crippen LogP contribution in [0.25, 0.3) is 0 Å². The van der Waals surface area contributed by atoms with Crippen molar-refractivity contribution in [2.75, 3.05) is 6.54 Å². The van der Waals surface area contributed by atoms with Crippen LogP contribution in [0.1, 0.15) is 43.4 Å². The van der Waals surface area contributed by atoms with Crippen LogP contribution in [0, 0.1) is 5.41 Å². The molecule has 0 saturated heterocycles. The van der Waals surface area contributed by atoms with Crippen LogP contribution in [-0.4, -0.2) is 12.5 Å². The van der Waals surface area contributed by atoms with Crippen molar-refractivity contribution in [2.24, 2.45) is 11.1 Å². The Kier molecular flexibility index (Phi) is 10.1. The van der Waals surface area contributed by atoms with Crippen molar-refractivity contribution in [3.63, 3.8) is 0 Å². The zero-order valence-electron chi connectivity index (χ0n) is 16.2. The summed E-state index contributed by atoms with van der Waals surface area (Å²) >= 11 is 0. The highest BCUT2D eigenvalue weighted by atomic mass is 35.5. The van der Waals surface area contributed by atoms with Crippen molar-refractivity contribution in [1.29, 1.82) is 0 Å². The molecule has 0 saturated carbocycles. The first kappa shape index (κ1) is 23.2. The van der Waals surface area contributed by atoms with Crippen LogP contribution in [0.3, 0.4) is 0 Å². The number of ether oxygens (including phenoxy) is 1. The zero-order valence-corrected chi connectivity index (χ0v) is 17.1. The molecule has 2 rings (SSSR count). The van der Waals surface area contributed by atoms with Crippen molar-refractivity contribution in [1.82, 2.24) is 5.32 Å². The van der Waals surface area contributed by atoms with Gasteiger partial charge in [-0.2, -0.15) is 0 Å². The molecule has 0 fully saturated rings. The van der Waals surface area contributed by atoms with E-state index in [4.69, 9.17) is 10.5 Å². The third-order valence-corrected chi connectivity index (χ3v) is 5.05. The van der Waals surface area contributed by atoms with E-state index in [1.54, 1.807) is 0 Å². The predicted octanol–water partition coefficient (Wildman–Crippen LogP) is 4.21. The minimum atomic E-state index is -0.462. The molecule has 0 atom stereocenters. The smallest absolute Gasteiger partial charge is 0.227 e. The lowest BCUT2D eigenvalue weighted by Gasteiger charge is -2.28. The van der Waals surface area contributed by atoms with Gasteiger partial charge in [-0.15, -0.1) is 12.4 Å². The molecular formula is C22H31ClN2O2. The van der Waals surface area contributed by atoms with E-state index in [1.165, 1.54) is 0 Å². The van der Waals surface area contributed by atoms with Gasteiger partial charge in [0.15, 0.2) is 0 Å². The molecular weight excluding hydrogens is 360 g/mol. The molecule has 2 aromatic rings. The number of halogens is 1. The van der Waals surface area contributed by atoms with E-state index < -0.39 is 5.41 Å². The van der Waals surface area contributed by atoms with Crippen molar-refractivity contribution < 1.29 is 9.53 Å². The molecule has 0 unspecified atom stereocenters. The first-order chi connectivity index (χ1) is 12.6. The van der Waals surface area contributed by atoms with Gasteiger partial charge in [0.2, 0.25) is 5.91 Å². The van der Waals surface area contributed by atoms with Crippen molar-refractivity contribution >= 4 is 18.3 Å². The van der Waals surface area contributed by atoms with E-state index in [1.807, 2.05) is 50.2 Å². The fourth-order valence-corrected chi connectivity index (χ4v) is 3.01. The van der Waals surface area contributed by atoms with Crippen LogP contribution >= 0.6 is 12.4 Å². The average molecular weight is 391 g/mol. The maximum Gasteiger partial charge on any atom is 0.227 e. The summed E-state index contributed by atoms with van der Waals surface area (Å²) in [6.45, 7) is 6.05. The second-order valence-electron chi connectivity index (χ2n) is 6.67. The van der Waals surface area contributed by atoms with Gasteiger partial charge in [0.1, 0.15) is 0 Å². The number of benzene rings is 2. The largest absolute Gasteiger partial charge is 0.372 e. The van der Waals surface area contributed by atoms with E-state index in [0.29, 0.717) is 26.3 Å². The Hall–Kier alpha value is -1.88. The summed E-state index contributed by atoms with van der Waals surface area (Å²) in [6.07, 6.45) is 1.50. The first-order valence-electron chi connectivity index (χ1n) is 9.31. The molecule has 0 radical (unpaired) electrons. The second kappa shape index (κ2) is 11.8. The number of hydrogen-bond acceptors (Lipinski definition) is 3. The van der Waals surface area contributed by atoms with Gasteiger partial charge >= 0.3 is 0 Å². The lowest BCUT2D eigenvalue weighted by molar-refractivity contribution is -0.131. The maximum absolute atomic E-state index is 12.5. The van der Waals surface area contributed by atoms with E-state index >= 15 is 0 Å². The van der Waals surface area contributed by atoms with Crippen LogP contribution in [0.15, 0.2) is 54.6 Å². The summed E-state index contributed by atoms with van der Waals surface area (Å²) in [5.41, 5.74) is 8.71. The molecule has 4 nitrogen and oxygen atoms in total. The summed E-state index contributed by atoms with van der Waals surface area (Å²) in [7, 11) is 0. The Morgan fingerprint density at radius 2 is 1.56 bits per heavy atom. The van der Waals surface area contributed by atoms with E-state index in [9.17, 15) is 4.79 Å². The normalized spacial score (nSPS) is 10.9. The Morgan fingerprint density at radius 1 is 0.963 bits per heavy atom. The topological polar surface area (TPSA) is 64.4 Å². The first-order valence-corrected chi connectivity index (χ1v) is 9.31. The molecule has 2 aromatic carbocycles. The van der Waals surface area contributed by atoms with Gasteiger partial charge in [-0.25, -0.2) is 0 Å². The van der Waals surface area contributed by atoms with E-state index in [2.05, 4.69) is 23.5 Å². The average Bonchev–Trinajstić information content (AvgIpc) is 2.69. The highest BCUT2D eigenvalue weighted by Crippen LogP contribution is 2.25. The van der Waals surface area contributed by atoms with Crippen LogP contribution in [0.4, 0.5) is 0 Å². The summed E-state index contributed by atoms with van der Waals surface area (Å²) in [4.78, 5) is 12.5. The van der Waals surface area contributed by atoms with Crippen molar-refractivity contribution in [2.45, 2.75) is 46.4 Å². The lowest BCUT2D eigenvalue weighted by atomic mass is 9.81. The van der Waals surface area contributed by atoms with Crippen LogP contribution < -0.4 is 11.1 Å². The third kappa shape index (κ3) is 6.65. The number of hydrogen-bond donors (Lipinski definition) is 2. The third-order valence-electron chi connectivity index (χ3n) is 5.05. The fourth-order valence-electron chi connectivity index (χ4n) is 3.01. The van der Waals surface area contributed by atoms with Gasteiger partial charge in [0.25, 0.3) is 0 Å². The number of nitrogens with two attached hydrogens (primary N) is 1. The summed E-state index contributed by atoms with van der Waals surface area (Å²) in [5.74, 6) is 0.0377. The number of rotatable bonds is 10. The molecule has 0 aromatic heterocycles. The number of carbonyl (C=O) groups excluding carboxylic acids is 1. The van der Waals surface area contributed by atoms with Crippen LogP contribution in [-0.2, 0) is 29.3 Å². The quantitative estimate of drug-likeness (QED) is 0.638. The van der Waals surface area contributed by atoms with Gasteiger partial charge in [-0.1, -0.05) is 68.4 Å². The SMILES string of the molecule is CCC(CC)(CN)C(=O)NCc1cccc(COCc2ccccc2)c1.Cl. The van der Waals surface area contributed by atoms with Gasteiger partial charge in [-0.05, 0) is 29.5 Å². The molecule has 0 spiro atoms. The maximum atomic E-state index is 12.5. The Morgan fingerprint density at radius 3 is 2.19 bits per heavy atom. The summed E-state index contributed by atoms with van der Waals surface area (Å²) < 4.78 is 5.79. The highest BCUT2D eigenvalue weighted by Gasteiger charge is 2.32. The number of carbonyl (C=O) groups is 1. The van der Waals surface area contributed by atoms with Gasteiger partial charge < -0.3 is 15.8 Å². The Labute approximate surface area is 168 Å². The molecule has 3 N–H and O–H groups in total. The molecule has 0 aliphatic heterocycles. The van der Waals surface area contributed by atoms with Crippen LogP contribution in [0.5, 0.6) is 0 Å². The van der Waals surface area contributed by atoms with Crippen molar-refractivity contribution in [3.05, 3.63) is 71.3 Å². The Balaban J connectivity index is 0.00000364. The number of nitrogens with one attached hydrogen (secondary N) is 1. The van der Waals surface area contributed by atoms with Gasteiger partial charge in [0, 0.05) is 13.1 Å². The number of amides is 1.